The number of aromatic nitrogens is 3. The molecule has 0 radical (unpaired) electrons. The Hall–Kier alpha value is -6.72. The molecule has 2 aliphatic rings. The lowest BCUT2D eigenvalue weighted by atomic mass is 10.0. The van der Waals surface area contributed by atoms with E-state index >= 15 is 0 Å². The number of carbonyl (C=O) groups is 6. The van der Waals surface area contributed by atoms with E-state index in [0.717, 1.165) is 5.56 Å². The fraction of sp³-hybridized carbons (Fsp3) is 0.333. The molecule has 0 aliphatic carbocycles. The molecule has 0 saturated heterocycles. The van der Waals surface area contributed by atoms with Gasteiger partial charge in [0.25, 0.3) is 18.3 Å². The molecule has 2 aromatic heterocycles. The van der Waals surface area contributed by atoms with Gasteiger partial charge in [-0.1, -0.05) is 30.3 Å². The van der Waals surface area contributed by atoms with E-state index in [2.05, 4.69) is 31.3 Å². The minimum absolute atomic E-state index is 0.0237. The number of hydrogen-bond donors (Lipinski definition) is 5. The summed E-state index contributed by atoms with van der Waals surface area (Å²) in [5.74, 6) is -1.88. The summed E-state index contributed by atoms with van der Waals surface area (Å²) in [6, 6.07) is 13.2. The first-order valence-corrected chi connectivity index (χ1v) is 16.8. The Morgan fingerprint density at radius 1 is 0.981 bits per heavy atom. The van der Waals surface area contributed by atoms with Crippen LogP contribution in [0.2, 0.25) is 0 Å². The molecule has 4 aromatic rings. The number of carbonyl (C=O) groups excluding carboxylic acids is 5. The Kier molecular flexibility index (Phi) is 14.7. The summed E-state index contributed by atoms with van der Waals surface area (Å²) < 4.78 is 18.3. The third-order valence-corrected chi connectivity index (χ3v) is 8.09. The number of carboxylic acid groups (broad SMARTS) is 1. The first kappa shape index (κ1) is 40.1. The van der Waals surface area contributed by atoms with Gasteiger partial charge < -0.3 is 45.5 Å². The number of nitrogens with zero attached hydrogens (tertiary/aromatic N) is 4. The topological polar surface area (TPSA) is 232 Å². The summed E-state index contributed by atoms with van der Waals surface area (Å²) in [7, 11) is 2.83. The third-order valence-electron chi connectivity index (χ3n) is 8.09. The molecular formula is C36H42N8O10. The standard InChI is InChI=1S/C35H40N8O8.CH2O2/c1-22-32(45)41-26(16-23-8-5-4-6-9-23)34(47)37-13-14-42(35(48)24-10-11-29-38-21-39-43(29)19-24)20-30(44)36-12-7-15-51-31-27(49-2)17-25(33(46)40-22)18-28(31)50-3;2-1-3/h4-6,8-11,17-19,21-22,26H,7,12-16,20H2,1-3H3,(H,36,44)(H,37,47)(H,40,46)(H,41,45);1H,(H,2,3)/t22-,26+;/m0./s1. The van der Waals surface area contributed by atoms with Crippen molar-refractivity contribution in [3.05, 3.63) is 83.8 Å². The van der Waals surface area contributed by atoms with Crippen LogP contribution in [0.25, 0.3) is 5.65 Å². The molecule has 54 heavy (non-hydrogen) atoms. The normalized spacial score (nSPS) is 17.5. The van der Waals surface area contributed by atoms with E-state index in [1.807, 2.05) is 30.3 Å². The third kappa shape index (κ3) is 10.9. The number of fused-ring (bicyclic) bond motifs is 20. The largest absolute Gasteiger partial charge is 0.493 e. The van der Waals surface area contributed by atoms with E-state index in [4.69, 9.17) is 24.1 Å². The van der Waals surface area contributed by atoms with Crippen molar-refractivity contribution < 1.29 is 48.1 Å². The Bertz CT molecular complexity index is 1910. The summed E-state index contributed by atoms with van der Waals surface area (Å²) in [5.41, 5.74) is 1.75. The maximum atomic E-state index is 13.7. The van der Waals surface area contributed by atoms with Crippen LogP contribution in [0.5, 0.6) is 17.2 Å². The summed E-state index contributed by atoms with van der Waals surface area (Å²) in [6.45, 7) is 1.29. The Morgan fingerprint density at radius 3 is 2.37 bits per heavy atom. The number of pyridine rings is 1. The lowest BCUT2D eigenvalue weighted by Gasteiger charge is -2.25. The van der Waals surface area contributed by atoms with Crippen LogP contribution < -0.4 is 35.5 Å². The lowest BCUT2D eigenvalue weighted by Crippen LogP contribution is -2.54. The number of nitrogens with one attached hydrogen (secondary N) is 4. The van der Waals surface area contributed by atoms with Crippen molar-refractivity contribution in [2.75, 3.05) is 47.0 Å². The molecule has 6 rings (SSSR count). The molecule has 0 saturated carbocycles. The number of hydrogen-bond acceptors (Lipinski definition) is 11. The van der Waals surface area contributed by atoms with Crippen LogP contribution in [-0.4, -0.2) is 120 Å². The van der Waals surface area contributed by atoms with Gasteiger partial charge in [-0.05, 0) is 43.2 Å². The SMILES string of the molecule is COc1cc2cc(OC)c1OCCCNC(=O)CN(C(=O)c1ccc3ncnn3c1)CCNC(=O)[C@@H](Cc1ccccc1)NC(=O)[C@H](C)NC2=O.O=CO. The van der Waals surface area contributed by atoms with Crippen molar-refractivity contribution in [2.45, 2.75) is 31.8 Å². The molecule has 18 nitrogen and oxygen atoms in total. The zero-order valence-electron chi connectivity index (χ0n) is 29.9. The van der Waals surface area contributed by atoms with Crippen LogP contribution in [0.4, 0.5) is 0 Å². The lowest BCUT2D eigenvalue weighted by molar-refractivity contribution is -0.129. The second kappa shape index (κ2) is 19.8. The van der Waals surface area contributed by atoms with Crippen molar-refractivity contribution in [1.82, 2.24) is 40.8 Å². The Morgan fingerprint density at radius 2 is 1.69 bits per heavy atom. The first-order chi connectivity index (χ1) is 26.1. The predicted molar refractivity (Wildman–Crippen MR) is 192 cm³/mol. The minimum Gasteiger partial charge on any atom is -0.493 e. The molecule has 18 heteroatoms. The molecule has 5 amide bonds. The highest BCUT2D eigenvalue weighted by Gasteiger charge is 2.27. The van der Waals surface area contributed by atoms with Crippen LogP contribution in [-0.2, 0) is 25.6 Å². The quantitative estimate of drug-likeness (QED) is 0.138. The number of ether oxygens (including phenoxy) is 3. The molecule has 2 aromatic carbocycles. The molecule has 2 aliphatic heterocycles. The van der Waals surface area contributed by atoms with E-state index in [1.165, 1.54) is 55.2 Å². The van der Waals surface area contributed by atoms with Gasteiger partial charge in [-0.15, -0.1) is 0 Å². The molecule has 4 heterocycles. The number of amides is 5. The number of methoxy groups -OCH3 is 2. The van der Waals surface area contributed by atoms with Gasteiger partial charge in [0, 0.05) is 37.8 Å². The van der Waals surface area contributed by atoms with Gasteiger partial charge in [0.1, 0.15) is 18.4 Å². The second-order valence-corrected chi connectivity index (χ2v) is 11.8. The van der Waals surface area contributed by atoms with Crippen LogP contribution in [0.1, 0.15) is 39.6 Å². The van der Waals surface area contributed by atoms with Gasteiger partial charge in [-0.3, -0.25) is 28.8 Å². The maximum absolute atomic E-state index is 13.7. The average Bonchev–Trinajstić information content (AvgIpc) is 3.65. The van der Waals surface area contributed by atoms with Gasteiger partial charge in [-0.25, -0.2) is 9.50 Å². The number of benzene rings is 2. The fourth-order valence-electron chi connectivity index (χ4n) is 5.37. The van der Waals surface area contributed by atoms with Gasteiger partial charge in [0.2, 0.25) is 23.5 Å². The molecule has 2 bridgehead atoms. The highest BCUT2D eigenvalue weighted by Crippen LogP contribution is 2.38. The summed E-state index contributed by atoms with van der Waals surface area (Å²) in [6.07, 6.45) is 3.42. The number of rotatable bonds is 5. The predicted octanol–water partition coefficient (Wildman–Crippen LogP) is 0.450. The van der Waals surface area contributed by atoms with E-state index < -0.39 is 41.6 Å². The smallest absolute Gasteiger partial charge is 0.290 e. The van der Waals surface area contributed by atoms with Crippen LogP contribution in [0.3, 0.4) is 0 Å². The van der Waals surface area contributed by atoms with E-state index in [9.17, 15) is 24.0 Å². The summed E-state index contributed by atoms with van der Waals surface area (Å²) >= 11 is 0. The molecule has 0 unspecified atom stereocenters. The molecule has 0 fully saturated rings. The van der Waals surface area contributed by atoms with Crippen LogP contribution in [0, 0.1) is 0 Å². The molecular weight excluding hydrogens is 704 g/mol. The van der Waals surface area contributed by atoms with Gasteiger partial charge in [-0.2, -0.15) is 5.10 Å². The molecule has 286 valence electrons. The molecule has 5 N–H and O–H groups in total. The fourth-order valence-corrected chi connectivity index (χ4v) is 5.37. The van der Waals surface area contributed by atoms with E-state index in [-0.39, 0.29) is 74.1 Å². The van der Waals surface area contributed by atoms with Gasteiger partial charge in [0.05, 0.1) is 32.9 Å². The highest BCUT2D eigenvalue weighted by atomic mass is 16.5. The monoisotopic (exact) mass is 746 g/mol. The van der Waals surface area contributed by atoms with Crippen molar-refractivity contribution >= 4 is 41.7 Å². The van der Waals surface area contributed by atoms with Crippen molar-refractivity contribution in [3.63, 3.8) is 0 Å². The summed E-state index contributed by atoms with van der Waals surface area (Å²) in [4.78, 5) is 80.7. The zero-order valence-corrected chi connectivity index (χ0v) is 29.9. The van der Waals surface area contributed by atoms with Gasteiger partial charge >= 0.3 is 0 Å². The minimum atomic E-state index is -1.04. The Labute approximate surface area is 310 Å². The molecule has 2 atom stereocenters. The first-order valence-electron chi connectivity index (χ1n) is 16.8. The zero-order chi connectivity index (χ0) is 39.0. The highest BCUT2D eigenvalue weighted by molar-refractivity contribution is 5.99. The van der Waals surface area contributed by atoms with E-state index in [1.54, 1.807) is 12.1 Å². The van der Waals surface area contributed by atoms with Crippen molar-refractivity contribution in [3.8, 4) is 17.2 Å². The van der Waals surface area contributed by atoms with Crippen LogP contribution >= 0.6 is 0 Å². The summed E-state index contributed by atoms with van der Waals surface area (Å²) in [5, 5.41) is 22.0. The maximum Gasteiger partial charge on any atom is 0.290 e. The second-order valence-electron chi connectivity index (χ2n) is 11.8. The van der Waals surface area contributed by atoms with Crippen LogP contribution in [0.15, 0.2) is 67.1 Å². The van der Waals surface area contributed by atoms with Gasteiger partial charge in [0.15, 0.2) is 17.1 Å². The van der Waals surface area contributed by atoms with Crippen molar-refractivity contribution in [1.29, 1.82) is 0 Å². The average molecular weight is 747 g/mol. The van der Waals surface area contributed by atoms with E-state index in [0.29, 0.717) is 12.1 Å². The Balaban J connectivity index is 0.00000209. The van der Waals surface area contributed by atoms with Crippen molar-refractivity contribution in [2.24, 2.45) is 0 Å². The molecule has 0 spiro atoms.